The molecule has 2 aliphatic rings. The van der Waals surface area contributed by atoms with Crippen molar-refractivity contribution >= 4 is 17.5 Å². The Bertz CT molecular complexity index is 795. The molecule has 1 amide bonds. The quantitative estimate of drug-likeness (QED) is 0.717. The molecule has 0 aliphatic carbocycles. The molecule has 0 bridgehead atoms. The second-order valence-electron chi connectivity index (χ2n) is 7.52. The molecule has 0 atom stereocenters. The van der Waals surface area contributed by atoms with E-state index in [0.29, 0.717) is 23.7 Å². The third-order valence-corrected chi connectivity index (χ3v) is 5.67. The number of hydrogen-bond acceptors (Lipinski definition) is 4. The summed E-state index contributed by atoms with van der Waals surface area (Å²) in [6, 6.07) is 14.9. The highest BCUT2D eigenvalue weighted by atomic mass is 35.5. The number of amides is 1. The summed E-state index contributed by atoms with van der Waals surface area (Å²) in [5.74, 6) is 1.69. The molecule has 6 heteroatoms. The molecule has 2 heterocycles. The molecule has 0 aromatic heterocycles. The van der Waals surface area contributed by atoms with Gasteiger partial charge in [0.25, 0.3) is 5.91 Å². The van der Waals surface area contributed by atoms with E-state index >= 15 is 0 Å². The van der Waals surface area contributed by atoms with Crippen molar-refractivity contribution in [2.75, 3.05) is 26.3 Å². The highest BCUT2D eigenvalue weighted by Crippen LogP contribution is 2.23. The second-order valence-corrected chi connectivity index (χ2v) is 7.95. The van der Waals surface area contributed by atoms with Gasteiger partial charge in [0.05, 0.1) is 13.2 Å². The summed E-state index contributed by atoms with van der Waals surface area (Å²) in [5, 5.41) is 0.696. The standard InChI is InChI=1S/C23H26ClNO4/c24-18-3-7-20(8-4-18)28-21-9-13-25(14-10-21)23(26)17-1-5-19(6-2-17)29-22-11-15-27-16-12-22/h1-8,21-22H,9-16H2. The number of halogens is 1. The summed E-state index contributed by atoms with van der Waals surface area (Å²) in [4.78, 5) is 14.7. The van der Waals surface area contributed by atoms with Crippen LogP contribution in [0, 0.1) is 0 Å². The zero-order valence-electron chi connectivity index (χ0n) is 16.4. The Labute approximate surface area is 176 Å². The molecule has 2 saturated heterocycles. The van der Waals surface area contributed by atoms with Crippen molar-refractivity contribution in [1.82, 2.24) is 4.90 Å². The van der Waals surface area contributed by atoms with E-state index < -0.39 is 0 Å². The second kappa shape index (κ2) is 9.51. The van der Waals surface area contributed by atoms with Gasteiger partial charge in [-0.25, -0.2) is 0 Å². The van der Waals surface area contributed by atoms with Crippen molar-refractivity contribution in [3.63, 3.8) is 0 Å². The maximum absolute atomic E-state index is 12.8. The van der Waals surface area contributed by atoms with Crippen LogP contribution >= 0.6 is 11.6 Å². The first-order valence-electron chi connectivity index (χ1n) is 10.2. The van der Waals surface area contributed by atoms with Crippen molar-refractivity contribution in [3.05, 3.63) is 59.1 Å². The molecule has 0 saturated carbocycles. The van der Waals surface area contributed by atoms with Gasteiger partial charge in [-0.15, -0.1) is 0 Å². The zero-order valence-corrected chi connectivity index (χ0v) is 17.1. The summed E-state index contributed by atoms with van der Waals surface area (Å²) in [6.07, 6.45) is 3.78. The summed E-state index contributed by atoms with van der Waals surface area (Å²) in [6.45, 7) is 2.88. The number of carbonyl (C=O) groups excluding carboxylic acids is 1. The minimum atomic E-state index is 0.0626. The highest BCUT2D eigenvalue weighted by Gasteiger charge is 2.25. The molecule has 0 N–H and O–H groups in total. The molecule has 0 spiro atoms. The van der Waals surface area contributed by atoms with Gasteiger partial charge < -0.3 is 19.1 Å². The first-order valence-corrected chi connectivity index (χ1v) is 10.6. The minimum Gasteiger partial charge on any atom is -0.490 e. The first-order chi connectivity index (χ1) is 14.2. The molecule has 2 aromatic carbocycles. The summed E-state index contributed by atoms with van der Waals surface area (Å²) < 4.78 is 17.3. The van der Waals surface area contributed by atoms with Crippen LogP contribution in [0.4, 0.5) is 0 Å². The number of piperidine rings is 1. The Morgan fingerprint density at radius 2 is 1.34 bits per heavy atom. The predicted octanol–water partition coefficient (Wildman–Crippen LogP) is 4.58. The molecule has 0 unspecified atom stereocenters. The maximum atomic E-state index is 12.8. The molecule has 2 aliphatic heterocycles. The van der Waals surface area contributed by atoms with Crippen LogP contribution in [0.15, 0.2) is 48.5 Å². The van der Waals surface area contributed by atoms with Crippen LogP contribution in [0.2, 0.25) is 5.02 Å². The van der Waals surface area contributed by atoms with Crippen LogP contribution in [0.5, 0.6) is 11.5 Å². The number of likely N-dealkylation sites (tertiary alicyclic amines) is 1. The van der Waals surface area contributed by atoms with E-state index in [0.717, 1.165) is 50.4 Å². The van der Waals surface area contributed by atoms with E-state index in [9.17, 15) is 4.79 Å². The third-order valence-electron chi connectivity index (χ3n) is 5.42. The van der Waals surface area contributed by atoms with Gasteiger partial charge in [0.15, 0.2) is 0 Å². The average molecular weight is 416 g/mol. The number of rotatable bonds is 5. The zero-order chi connectivity index (χ0) is 20.1. The van der Waals surface area contributed by atoms with E-state index in [4.69, 9.17) is 25.8 Å². The number of hydrogen-bond donors (Lipinski definition) is 0. The van der Waals surface area contributed by atoms with Gasteiger partial charge in [-0.3, -0.25) is 4.79 Å². The van der Waals surface area contributed by atoms with Gasteiger partial charge >= 0.3 is 0 Å². The van der Waals surface area contributed by atoms with Crippen molar-refractivity contribution in [1.29, 1.82) is 0 Å². The fraction of sp³-hybridized carbons (Fsp3) is 0.435. The fourth-order valence-electron chi connectivity index (χ4n) is 3.73. The van der Waals surface area contributed by atoms with Crippen LogP contribution in [0.3, 0.4) is 0 Å². The number of nitrogens with zero attached hydrogens (tertiary/aromatic N) is 1. The molecular formula is C23H26ClNO4. The summed E-state index contributed by atoms with van der Waals surface area (Å²) in [5.41, 5.74) is 0.696. The molecule has 29 heavy (non-hydrogen) atoms. The highest BCUT2D eigenvalue weighted by molar-refractivity contribution is 6.30. The van der Waals surface area contributed by atoms with Crippen molar-refractivity contribution in [2.45, 2.75) is 37.9 Å². The third kappa shape index (κ3) is 5.43. The Kier molecular flexibility index (Phi) is 6.57. The molecule has 4 rings (SSSR count). The van der Waals surface area contributed by atoms with Gasteiger partial charge in [-0.1, -0.05) is 11.6 Å². The van der Waals surface area contributed by atoms with Crippen molar-refractivity contribution in [2.24, 2.45) is 0 Å². The molecule has 2 aromatic rings. The predicted molar refractivity (Wildman–Crippen MR) is 112 cm³/mol. The van der Waals surface area contributed by atoms with E-state index in [1.807, 2.05) is 53.4 Å². The van der Waals surface area contributed by atoms with Gasteiger partial charge in [0, 0.05) is 49.4 Å². The van der Waals surface area contributed by atoms with Crippen molar-refractivity contribution < 1.29 is 19.0 Å². The van der Waals surface area contributed by atoms with E-state index in [2.05, 4.69) is 0 Å². The first kappa shape index (κ1) is 20.0. The van der Waals surface area contributed by atoms with Crippen LogP contribution in [-0.4, -0.2) is 49.3 Å². The van der Waals surface area contributed by atoms with Gasteiger partial charge in [-0.05, 0) is 48.5 Å². The Hall–Kier alpha value is -2.24. The van der Waals surface area contributed by atoms with E-state index in [1.165, 1.54) is 0 Å². The van der Waals surface area contributed by atoms with E-state index in [-0.39, 0.29) is 18.1 Å². The molecule has 5 nitrogen and oxygen atoms in total. The van der Waals surface area contributed by atoms with Gasteiger partial charge in [0.2, 0.25) is 0 Å². The molecule has 0 radical (unpaired) electrons. The van der Waals surface area contributed by atoms with Crippen LogP contribution < -0.4 is 9.47 Å². The molecular weight excluding hydrogens is 390 g/mol. The molecule has 154 valence electrons. The molecule has 2 fully saturated rings. The Morgan fingerprint density at radius 3 is 1.93 bits per heavy atom. The van der Waals surface area contributed by atoms with Crippen LogP contribution in [-0.2, 0) is 4.74 Å². The van der Waals surface area contributed by atoms with Gasteiger partial charge in [-0.2, -0.15) is 0 Å². The average Bonchev–Trinajstić information content (AvgIpc) is 2.77. The maximum Gasteiger partial charge on any atom is 0.253 e. The fourth-order valence-corrected chi connectivity index (χ4v) is 3.85. The number of benzene rings is 2. The van der Waals surface area contributed by atoms with Crippen LogP contribution in [0.25, 0.3) is 0 Å². The lowest BCUT2D eigenvalue weighted by atomic mass is 10.1. The minimum absolute atomic E-state index is 0.0626. The normalized spacial score (nSPS) is 18.4. The Balaban J connectivity index is 1.27. The summed E-state index contributed by atoms with van der Waals surface area (Å²) >= 11 is 5.91. The number of carbonyl (C=O) groups is 1. The van der Waals surface area contributed by atoms with E-state index in [1.54, 1.807) is 0 Å². The Morgan fingerprint density at radius 1 is 0.828 bits per heavy atom. The lowest BCUT2D eigenvalue weighted by Gasteiger charge is -2.32. The largest absolute Gasteiger partial charge is 0.490 e. The smallest absolute Gasteiger partial charge is 0.253 e. The monoisotopic (exact) mass is 415 g/mol. The SMILES string of the molecule is O=C(c1ccc(OC2CCOCC2)cc1)N1CCC(Oc2ccc(Cl)cc2)CC1. The summed E-state index contributed by atoms with van der Waals surface area (Å²) in [7, 11) is 0. The van der Waals surface area contributed by atoms with Crippen LogP contribution in [0.1, 0.15) is 36.0 Å². The van der Waals surface area contributed by atoms with Gasteiger partial charge in [0.1, 0.15) is 23.7 Å². The lowest BCUT2D eigenvalue weighted by Crippen LogP contribution is -2.41. The topological polar surface area (TPSA) is 48.0 Å². The number of ether oxygens (including phenoxy) is 3. The lowest BCUT2D eigenvalue weighted by molar-refractivity contribution is 0.0255. The van der Waals surface area contributed by atoms with Crippen molar-refractivity contribution in [3.8, 4) is 11.5 Å².